The summed E-state index contributed by atoms with van der Waals surface area (Å²) in [5.74, 6) is 2.16. The number of methoxy groups -OCH3 is 2. The van der Waals surface area contributed by atoms with Gasteiger partial charge in [0.1, 0.15) is 17.3 Å². The molecule has 1 saturated carbocycles. The van der Waals surface area contributed by atoms with Crippen LogP contribution in [0.1, 0.15) is 37.1 Å². The zero-order valence-electron chi connectivity index (χ0n) is 14.8. The molecule has 1 unspecified atom stereocenters. The van der Waals surface area contributed by atoms with E-state index in [1.54, 1.807) is 38.7 Å². The fourth-order valence-electron chi connectivity index (χ4n) is 2.91. The zero-order valence-corrected chi connectivity index (χ0v) is 14.8. The van der Waals surface area contributed by atoms with E-state index in [9.17, 15) is 4.79 Å². The molecule has 0 saturated heterocycles. The molecule has 0 aliphatic heterocycles. The fourth-order valence-corrected chi connectivity index (χ4v) is 2.91. The molecule has 1 heterocycles. The first-order valence-corrected chi connectivity index (χ1v) is 8.40. The highest BCUT2D eigenvalue weighted by Gasteiger charge is 2.36. The summed E-state index contributed by atoms with van der Waals surface area (Å²) >= 11 is 0. The lowest BCUT2D eigenvalue weighted by Crippen LogP contribution is -2.34. The molecule has 0 spiro atoms. The Bertz CT molecular complexity index is 747. The first-order valence-electron chi connectivity index (χ1n) is 8.40. The molecule has 2 aromatic rings. The average Bonchev–Trinajstić information content (AvgIpc) is 3.31. The van der Waals surface area contributed by atoms with Crippen LogP contribution in [0, 0.1) is 0 Å². The van der Waals surface area contributed by atoms with Crippen LogP contribution in [0.5, 0.6) is 11.5 Å². The van der Waals surface area contributed by atoms with Gasteiger partial charge in [0.25, 0.3) is 0 Å². The Balaban J connectivity index is 1.78. The molecule has 1 fully saturated rings. The third-order valence-corrected chi connectivity index (χ3v) is 4.41. The number of amides is 1. The average molecular weight is 341 g/mol. The van der Waals surface area contributed by atoms with Crippen molar-refractivity contribution in [2.75, 3.05) is 14.2 Å². The second-order valence-corrected chi connectivity index (χ2v) is 6.11. The van der Waals surface area contributed by atoms with E-state index in [0.29, 0.717) is 11.5 Å². The van der Waals surface area contributed by atoms with Crippen molar-refractivity contribution in [2.24, 2.45) is 0 Å². The molecule has 1 atom stereocenters. The van der Waals surface area contributed by atoms with Crippen molar-refractivity contribution in [3.05, 3.63) is 54.0 Å². The van der Waals surface area contributed by atoms with Gasteiger partial charge in [-0.1, -0.05) is 0 Å². The highest BCUT2D eigenvalue weighted by Crippen LogP contribution is 2.35. The summed E-state index contributed by atoms with van der Waals surface area (Å²) < 4.78 is 16.1. The number of nitrogens with zero attached hydrogens (tertiary/aromatic N) is 1. The normalized spacial score (nSPS) is 15.2. The third-order valence-electron chi connectivity index (χ3n) is 4.41. The van der Waals surface area contributed by atoms with Crippen LogP contribution in [0.25, 0.3) is 6.08 Å². The molecule has 1 amide bonds. The fraction of sp³-hybridized carbons (Fsp3) is 0.350. The van der Waals surface area contributed by atoms with Crippen molar-refractivity contribution >= 4 is 12.0 Å². The molecule has 5 nitrogen and oxygen atoms in total. The summed E-state index contributed by atoms with van der Waals surface area (Å²) in [7, 11) is 3.21. The van der Waals surface area contributed by atoms with Gasteiger partial charge in [-0.3, -0.25) is 4.79 Å². The van der Waals surface area contributed by atoms with E-state index < -0.39 is 0 Å². The van der Waals surface area contributed by atoms with Crippen LogP contribution < -0.4 is 9.47 Å². The van der Waals surface area contributed by atoms with Crippen molar-refractivity contribution in [3.8, 4) is 11.5 Å². The molecule has 0 radical (unpaired) electrons. The predicted molar refractivity (Wildman–Crippen MR) is 95.6 cm³/mol. The van der Waals surface area contributed by atoms with Crippen molar-refractivity contribution in [2.45, 2.75) is 31.8 Å². The Kier molecular flexibility index (Phi) is 5.12. The largest absolute Gasteiger partial charge is 0.497 e. The summed E-state index contributed by atoms with van der Waals surface area (Å²) in [6.07, 6.45) is 7.10. The Hall–Kier alpha value is -2.69. The topological polar surface area (TPSA) is 51.9 Å². The molecule has 1 aliphatic rings. The number of ether oxygens (including phenoxy) is 2. The molecule has 5 heteroatoms. The van der Waals surface area contributed by atoms with Crippen molar-refractivity contribution in [1.82, 2.24) is 4.90 Å². The zero-order chi connectivity index (χ0) is 17.8. The van der Waals surface area contributed by atoms with Crippen LogP contribution in [0.4, 0.5) is 0 Å². The summed E-state index contributed by atoms with van der Waals surface area (Å²) in [5, 5.41) is 0. The van der Waals surface area contributed by atoms with E-state index in [1.165, 1.54) is 0 Å². The van der Waals surface area contributed by atoms with Gasteiger partial charge in [0.15, 0.2) is 0 Å². The minimum absolute atomic E-state index is 0.0238. The highest BCUT2D eigenvalue weighted by molar-refractivity contribution is 5.92. The quantitative estimate of drug-likeness (QED) is 0.713. The number of hydrogen-bond acceptors (Lipinski definition) is 4. The molecule has 0 bridgehead atoms. The molecular formula is C20H23NO4. The summed E-state index contributed by atoms with van der Waals surface area (Å²) in [6, 6.07) is 9.47. The summed E-state index contributed by atoms with van der Waals surface area (Å²) in [6.45, 7) is 2.00. The second kappa shape index (κ2) is 7.47. The standard InChI is InChI=1S/C20H23NO4/c1-14(18-5-4-12-25-18)21(16-8-9-16)20(22)11-7-15-6-10-17(23-2)13-19(15)24-3/h4-7,10-14,16H,8-9H2,1-3H3/b11-7+. The number of benzene rings is 1. The van der Waals surface area contributed by atoms with Gasteiger partial charge in [0, 0.05) is 23.7 Å². The Morgan fingerprint density at radius 1 is 1.28 bits per heavy atom. The SMILES string of the molecule is COc1ccc(/C=C/C(=O)N(C2CC2)C(C)c2ccco2)c(OC)c1. The van der Waals surface area contributed by atoms with E-state index in [4.69, 9.17) is 13.9 Å². The minimum Gasteiger partial charge on any atom is -0.497 e. The maximum atomic E-state index is 12.8. The van der Waals surface area contributed by atoms with Crippen LogP contribution in [-0.2, 0) is 4.79 Å². The summed E-state index contributed by atoms with van der Waals surface area (Å²) in [5.41, 5.74) is 0.832. The van der Waals surface area contributed by atoms with E-state index >= 15 is 0 Å². The van der Waals surface area contributed by atoms with Crippen LogP contribution in [0.3, 0.4) is 0 Å². The minimum atomic E-state index is -0.0857. The molecule has 1 aromatic heterocycles. The van der Waals surface area contributed by atoms with Gasteiger partial charge >= 0.3 is 0 Å². The first kappa shape index (κ1) is 17.1. The van der Waals surface area contributed by atoms with Crippen molar-refractivity contribution in [1.29, 1.82) is 0 Å². The van der Waals surface area contributed by atoms with Crippen molar-refractivity contribution in [3.63, 3.8) is 0 Å². The molecule has 132 valence electrons. The second-order valence-electron chi connectivity index (χ2n) is 6.11. The van der Waals surface area contributed by atoms with Crippen LogP contribution in [0.15, 0.2) is 47.1 Å². The van der Waals surface area contributed by atoms with Gasteiger partial charge in [0.2, 0.25) is 5.91 Å². The Morgan fingerprint density at radius 3 is 2.68 bits per heavy atom. The number of rotatable bonds is 7. The van der Waals surface area contributed by atoms with Gasteiger partial charge in [-0.05, 0) is 50.1 Å². The van der Waals surface area contributed by atoms with E-state index in [1.807, 2.05) is 36.1 Å². The lowest BCUT2D eigenvalue weighted by atomic mass is 10.1. The lowest BCUT2D eigenvalue weighted by molar-refractivity contribution is -0.129. The number of furan rings is 1. The van der Waals surface area contributed by atoms with Crippen LogP contribution >= 0.6 is 0 Å². The van der Waals surface area contributed by atoms with Gasteiger partial charge in [0.05, 0.1) is 26.5 Å². The summed E-state index contributed by atoms with van der Waals surface area (Å²) in [4.78, 5) is 14.7. The van der Waals surface area contributed by atoms with E-state index in [2.05, 4.69) is 0 Å². The van der Waals surface area contributed by atoms with Crippen molar-refractivity contribution < 1.29 is 18.7 Å². The smallest absolute Gasteiger partial charge is 0.247 e. The Morgan fingerprint density at radius 2 is 2.08 bits per heavy atom. The molecule has 0 N–H and O–H groups in total. The van der Waals surface area contributed by atoms with Gasteiger partial charge in [-0.25, -0.2) is 0 Å². The lowest BCUT2D eigenvalue weighted by Gasteiger charge is -2.26. The molecule has 1 aliphatic carbocycles. The molecule has 1 aromatic carbocycles. The van der Waals surface area contributed by atoms with Gasteiger partial charge < -0.3 is 18.8 Å². The van der Waals surface area contributed by atoms with Crippen LogP contribution in [0.2, 0.25) is 0 Å². The predicted octanol–water partition coefficient (Wildman–Crippen LogP) is 4.06. The van der Waals surface area contributed by atoms with E-state index in [-0.39, 0.29) is 18.0 Å². The molecule has 25 heavy (non-hydrogen) atoms. The number of carbonyl (C=O) groups is 1. The van der Waals surface area contributed by atoms with Gasteiger partial charge in [-0.2, -0.15) is 0 Å². The maximum Gasteiger partial charge on any atom is 0.247 e. The molecule has 3 rings (SSSR count). The van der Waals surface area contributed by atoms with Gasteiger partial charge in [-0.15, -0.1) is 0 Å². The number of hydrogen-bond donors (Lipinski definition) is 0. The maximum absolute atomic E-state index is 12.8. The third kappa shape index (κ3) is 3.87. The molecular weight excluding hydrogens is 318 g/mol. The monoisotopic (exact) mass is 341 g/mol. The van der Waals surface area contributed by atoms with Crippen LogP contribution in [-0.4, -0.2) is 31.1 Å². The first-order chi connectivity index (χ1) is 12.1. The Labute approximate surface area is 147 Å². The van der Waals surface area contributed by atoms with E-state index in [0.717, 1.165) is 24.2 Å². The highest BCUT2D eigenvalue weighted by atomic mass is 16.5. The number of carbonyl (C=O) groups excluding carboxylic acids is 1.